The monoisotopic (exact) mass is 325 g/mol. The van der Waals surface area contributed by atoms with Gasteiger partial charge in [-0.05, 0) is 24.7 Å². The summed E-state index contributed by atoms with van der Waals surface area (Å²) in [6.07, 6.45) is 0. The fourth-order valence-electron chi connectivity index (χ4n) is 2.93. The van der Waals surface area contributed by atoms with E-state index >= 15 is 0 Å². The standard InChI is InChI=1S/C15H23N3O3S/c1-3-17-6-8-18(9-7-17)22(19,20)13-4-5-15-14(12-13)16(2)10-11-21-15/h4-5,12H,3,6-11H2,1-2H3. The molecule has 2 aliphatic rings. The van der Waals surface area contributed by atoms with Gasteiger partial charge in [-0.15, -0.1) is 0 Å². The van der Waals surface area contributed by atoms with Crippen LogP contribution < -0.4 is 9.64 Å². The molecule has 0 N–H and O–H groups in total. The van der Waals surface area contributed by atoms with Crippen molar-refractivity contribution < 1.29 is 13.2 Å². The number of benzene rings is 1. The maximum atomic E-state index is 12.8. The van der Waals surface area contributed by atoms with E-state index in [2.05, 4.69) is 11.8 Å². The molecule has 122 valence electrons. The third-order valence-electron chi connectivity index (χ3n) is 4.44. The van der Waals surface area contributed by atoms with Crippen LogP contribution in [0.3, 0.4) is 0 Å². The molecular weight excluding hydrogens is 302 g/mol. The molecule has 0 saturated carbocycles. The number of ether oxygens (including phenoxy) is 1. The number of anilines is 1. The van der Waals surface area contributed by atoms with Crippen molar-refractivity contribution in [1.29, 1.82) is 0 Å². The Kier molecular flexibility index (Phi) is 4.29. The summed E-state index contributed by atoms with van der Waals surface area (Å²) in [5.74, 6) is 0.753. The molecule has 22 heavy (non-hydrogen) atoms. The third-order valence-corrected chi connectivity index (χ3v) is 6.34. The number of fused-ring (bicyclic) bond motifs is 1. The smallest absolute Gasteiger partial charge is 0.243 e. The van der Waals surface area contributed by atoms with Crippen LogP contribution in [-0.2, 0) is 10.0 Å². The Morgan fingerprint density at radius 2 is 1.86 bits per heavy atom. The molecular formula is C15H23N3O3S. The van der Waals surface area contributed by atoms with E-state index in [9.17, 15) is 8.42 Å². The predicted octanol–water partition coefficient (Wildman–Crippen LogP) is 0.841. The van der Waals surface area contributed by atoms with Gasteiger partial charge in [0.1, 0.15) is 12.4 Å². The molecule has 7 heteroatoms. The van der Waals surface area contributed by atoms with Crippen LogP contribution in [0.5, 0.6) is 5.75 Å². The highest BCUT2D eigenvalue weighted by molar-refractivity contribution is 7.89. The second kappa shape index (κ2) is 6.06. The number of sulfonamides is 1. The second-order valence-electron chi connectivity index (χ2n) is 5.74. The van der Waals surface area contributed by atoms with Crippen molar-refractivity contribution in [3.63, 3.8) is 0 Å². The van der Waals surface area contributed by atoms with E-state index in [0.29, 0.717) is 24.6 Å². The van der Waals surface area contributed by atoms with Gasteiger partial charge in [0.2, 0.25) is 10.0 Å². The lowest BCUT2D eigenvalue weighted by Gasteiger charge is -2.33. The largest absolute Gasteiger partial charge is 0.490 e. The van der Waals surface area contributed by atoms with Gasteiger partial charge in [-0.3, -0.25) is 0 Å². The third kappa shape index (κ3) is 2.80. The molecule has 6 nitrogen and oxygen atoms in total. The van der Waals surface area contributed by atoms with E-state index in [1.54, 1.807) is 22.5 Å². The van der Waals surface area contributed by atoms with Crippen molar-refractivity contribution in [2.75, 3.05) is 57.8 Å². The highest BCUT2D eigenvalue weighted by atomic mass is 32.2. The molecule has 2 aliphatic heterocycles. The first-order valence-electron chi connectivity index (χ1n) is 7.73. The van der Waals surface area contributed by atoms with Crippen LogP contribution in [0.2, 0.25) is 0 Å². The zero-order valence-electron chi connectivity index (χ0n) is 13.2. The first kappa shape index (κ1) is 15.6. The van der Waals surface area contributed by atoms with Gasteiger partial charge < -0.3 is 14.5 Å². The van der Waals surface area contributed by atoms with Crippen molar-refractivity contribution in [2.24, 2.45) is 0 Å². The Balaban J connectivity index is 1.85. The molecule has 0 atom stereocenters. The maximum Gasteiger partial charge on any atom is 0.243 e. The number of likely N-dealkylation sites (N-methyl/N-ethyl adjacent to an activating group) is 2. The molecule has 1 saturated heterocycles. The number of hydrogen-bond donors (Lipinski definition) is 0. The van der Waals surface area contributed by atoms with E-state index in [1.165, 1.54) is 0 Å². The van der Waals surface area contributed by atoms with Crippen molar-refractivity contribution >= 4 is 15.7 Å². The summed E-state index contributed by atoms with van der Waals surface area (Å²) >= 11 is 0. The Labute approximate surface area is 132 Å². The van der Waals surface area contributed by atoms with Gasteiger partial charge in [-0.25, -0.2) is 8.42 Å². The first-order valence-corrected chi connectivity index (χ1v) is 9.17. The fourth-order valence-corrected chi connectivity index (χ4v) is 4.37. The Morgan fingerprint density at radius 1 is 1.14 bits per heavy atom. The van der Waals surface area contributed by atoms with Crippen molar-refractivity contribution in [3.05, 3.63) is 18.2 Å². The fraction of sp³-hybridized carbons (Fsp3) is 0.600. The summed E-state index contributed by atoms with van der Waals surface area (Å²) in [5.41, 5.74) is 0.847. The lowest BCUT2D eigenvalue weighted by Crippen LogP contribution is -2.48. The minimum absolute atomic E-state index is 0.355. The van der Waals surface area contributed by atoms with Gasteiger partial charge in [0.25, 0.3) is 0 Å². The molecule has 0 aliphatic carbocycles. The molecule has 2 heterocycles. The quantitative estimate of drug-likeness (QED) is 0.824. The van der Waals surface area contributed by atoms with Crippen LogP contribution in [0, 0.1) is 0 Å². The normalized spacial score (nSPS) is 20.5. The topological polar surface area (TPSA) is 53.1 Å². The maximum absolute atomic E-state index is 12.8. The van der Waals surface area contributed by atoms with Gasteiger partial charge in [0.15, 0.2) is 0 Å². The lowest BCUT2D eigenvalue weighted by molar-refractivity contribution is 0.196. The molecule has 1 aromatic rings. The summed E-state index contributed by atoms with van der Waals surface area (Å²) in [7, 11) is -1.47. The summed E-state index contributed by atoms with van der Waals surface area (Å²) in [4.78, 5) is 4.65. The molecule has 0 aromatic heterocycles. The van der Waals surface area contributed by atoms with Gasteiger partial charge in [0, 0.05) is 33.2 Å². The van der Waals surface area contributed by atoms with E-state index < -0.39 is 10.0 Å². The molecule has 0 bridgehead atoms. The molecule has 1 fully saturated rings. The summed E-state index contributed by atoms with van der Waals surface area (Å²) in [6, 6.07) is 5.15. The van der Waals surface area contributed by atoms with Gasteiger partial charge in [-0.2, -0.15) is 4.31 Å². The van der Waals surface area contributed by atoms with E-state index in [1.807, 2.05) is 11.9 Å². The van der Waals surface area contributed by atoms with E-state index in [-0.39, 0.29) is 0 Å². The van der Waals surface area contributed by atoms with E-state index in [0.717, 1.165) is 37.6 Å². The molecule has 0 amide bonds. The Morgan fingerprint density at radius 3 is 2.55 bits per heavy atom. The summed E-state index contributed by atoms with van der Waals surface area (Å²) in [6.45, 7) is 7.17. The average molecular weight is 325 g/mol. The molecule has 3 rings (SSSR count). The van der Waals surface area contributed by atoms with Crippen LogP contribution in [0.15, 0.2) is 23.1 Å². The highest BCUT2D eigenvalue weighted by Gasteiger charge is 2.29. The zero-order valence-corrected chi connectivity index (χ0v) is 14.0. The van der Waals surface area contributed by atoms with Crippen LogP contribution in [0.1, 0.15) is 6.92 Å². The Bertz CT molecular complexity index is 639. The lowest BCUT2D eigenvalue weighted by atomic mass is 10.2. The van der Waals surface area contributed by atoms with Crippen LogP contribution in [0.4, 0.5) is 5.69 Å². The minimum Gasteiger partial charge on any atom is -0.490 e. The number of nitrogens with zero attached hydrogens (tertiary/aromatic N) is 3. The minimum atomic E-state index is -3.43. The van der Waals surface area contributed by atoms with Gasteiger partial charge in [-0.1, -0.05) is 6.92 Å². The first-order chi connectivity index (χ1) is 10.5. The summed E-state index contributed by atoms with van der Waals surface area (Å²) in [5, 5.41) is 0. The molecule has 0 unspecified atom stereocenters. The zero-order chi connectivity index (χ0) is 15.7. The number of rotatable bonds is 3. The number of piperazine rings is 1. The van der Waals surface area contributed by atoms with Gasteiger partial charge >= 0.3 is 0 Å². The SMILES string of the molecule is CCN1CCN(S(=O)(=O)c2ccc3c(c2)N(C)CCO3)CC1. The van der Waals surface area contributed by atoms with Crippen LogP contribution in [0.25, 0.3) is 0 Å². The van der Waals surface area contributed by atoms with Crippen molar-refractivity contribution in [1.82, 2.24) is 9.21 Å². The highest BCUT2D eigenvalue weighted by Crippen LogP contribution is 2.33. The van der Waals surface area contributed by atoms with Crippen molar-refractivity contribution in [2.45, 2.75) is 11.8 Å². The molecule has 0 radical (unpaired) electrons. The van der Waals surface area contributed by atoms with Crippen molar-refractivity contribution in [3.8, 4) is 5.75 Å². The number of hydrogen-bond acceptors (Lipinski definition) is 5. The second-order valence-corrected chi connectivity index (χ2v) is 7.68. The summed E-state index contributed by atoms with van der Waals surface area (Å²) < 4.78 is 32.8. The molecule has 1 aromatic carbocycles. The van der Waals surface area contributed by atoms with E-state index in [4.69, 9.17) is 4.74 Å². The van der Waals surface area contributed by atoms with Crippen LogP contribution >= 0.6 is 0 Å². The predicted molar refractivity (Wildman–Crippen MR) is 86.1 cm³/mol. The average Bonchev–Trinajstić information content (AvgIpc) is 2.55. The molecule has 0 spiro atoms. The van der Waals surface area contributed by atoms with Crippen LogP contribution in [-0.4, -0.2) is 70.5 Å². The van der Waals surface area contributed by atoms with Gasteiger partial charge in [0.05, 0.1) is 17.1 Å². The Hall–Kier alpha value is -1.31.